The lowest BCUT2D eigenvalue weighted by Crippen LogP contribution is -2.01. The standard InChI is InChI=1S/C12H18O2/c1-8(2)10-6-5-7-11(14-13)12(10)9(3)4/h5-9,13H,1-4H3. The van der Waals surface area contributed by atoms with Gasteiger partial charge in [0.05, 0.1) is 0 Å². The highest BCUT2D eigenvalue weighted by molar-refractivity contribution is 5.43. The molecule has 0 aliphatic carbocycles. The molecule has 0 saturated heterocycles. The second kappa shape index (κ2) is 4.47. The summed E-state index contributed by atoms with van der Waals surface area (Å²) in [6.07, 6.45) is 0. The molecule has 0 aliphatic rings. The van der Waals surface area contributed by atoms with E-state index in [1.54, 1.807) is 6.07 Å². The van der Waals surface area contributed by atoms with E-state index in [1.165, 1.54) is 5.56 Å². The highest BCUT2D eigenvalue weighted by Gasteiger charge is 2.15. The van der Waals surface area contributed by atoms with Crippen LogP contribution in [0.25, 0.3) is 0 Å². The van der Waals surface area contributed by atoms with Gasteiger partial charge < -0.3 is 4.89 Å². The molecular formula is C12H18O2. The van der Waals surface area contributed by atoms with Crippen LogP contribution in [0.3, 0.4) is 0 Å². The largest absolute Gasteiger partial charge is 0.340 e. The monoisotopic (exact) mass is 194 g/mol. The normalized spacial score (nSPS) is 11.1. The first kappa shape index (κ1) is 11.1. The smallest absolute Gasteiger partial charge is 0.168 e. The van der Waals surface area contributed by atoms with Gasteiger partial charge in [-0.15, -0.1) is 0 Å². The van der Waals surface area contributed by atoms with E-state index in [-0.39, 0.29) is 0 Å². The Morgan fingerprint density at radius 2 is 1.71 bits per heavy atom. The van der Waals surface area contributed by atoms with E-state index in [0.717, 1.165) is 5.56 Å². The van der Waals surface area contributed by atoms with Crippen LogP contribution in [-0.4, -0.2) is 5.26 Å². The summed E-state index contributed by atoms with van der Waals surface area (Å²) in [5.74, 6) is 1.38. The second-order valence-corrected chi connectivity index (χ2v) is 4.16. The average Bonchev–Trinajstić information content (AvgIpc) is 2.16. The molecule has 0 radical (unpaired) electrons. The van der Waals surface area contributed by atoms with Gasteiger partial charge in [-0.3, -0.25) is 0 Å². The fourth-order valence-electron chi connectivity index (χ4n) is 1.76. The van der Waals surface area contributed by atoms with Crippen LogP contribution in [0.1, 0.15) is 50.7 Å². The lowest BCUT2D eigenvalue weighted by Gasteiger charge is -2.17. The molecular weight excluding hydrogens is 176 g/mol. The molecule has 78 valence electrons. The molecule has 0 fully saturated rings. The number of benzene rings is 1. The molecule has 14 heavy (non-hydrogen) atoms. The van der Waals surface area contributed by atoms with Gasteiger partial charge in [0.2, 0.25) is 0 Å². The highest BCUT2D eigenvalue weighted by atomic mass is 17.1. The summed E-state index contributed by atoms with van der Waals surface area (Å²) in [5.41, 5.74) is 2.34. The molecule has 1 aromatic rings. The quantitative estimate of drug-likeness (QED) is 0.586. The van der Waals surface area contributed by atoms with Crippen molar-refractivity contribution in [1.29, 1.82) is 0 Å². The Morgan fingerprint density at radius 1 is 1.07 bits per heavy atom. The molecule has 0 unspecified atom stereocenters. The van der Waals surface area contributed by atoms with Crippen LogP contribution in [0.2, 0.25) is 0 Å². The zero-order valence-electron chi connectivity index (χ0n) is 9.24. The predicted octanol–water partition coefficient (Wildman–Crippen LogP) is 3.79. The minimum absolute atomic E-state index is 0.357. The molecule has 0 atom stereocenters. The predicted molar refractivity (Wildman–Crippen MR) is 57.9 cm³/mol. The van der Waals surface area contributed by atoms with E-state index < -0.39 is 0 Å². The average molecular weight is 194 g/mol. The zero-order valence-corrected chi connectivity index (χ0v) is 9.24. The van der Waals surface area contributed by atoms with Gasteiger partial charge in [0.25, 0.3) is 0 Å². The Hall–Kier alpha value is -1.02. The first-order chi connectivity index (χ1) is 6.57. The summed E-state index contributed by atoms with van der Waals surface area (Å²) < 4.78 is 0. The molecule has 1 rings (SSSR count). The van der Waals surface area contributed by atoms with Crippen LogP contribution in [0, 0.1) is 0 Å². The van der Waals surface area contributed by atoms with Gasteiger partial charge in [-0.25, -0.2) is 5.26 Å². The molecule has 0 spiro atoms. The summed E-state index contributed by atoms with van der Waals surface area (Å²) in [6.45, 7) is 8.48. The zero-order chi connectivity index (χ0) is 10.7. The Bertz CT molecular complexity index is 303. The molecule has 2 nitrogen and oxygen atoms in total. The van der Waals surface area contributed by atoms with Gasteiger partial charge >= 0.3 is 0 Å². The minimum atomic E-state index is 0.357. The van der Waals surface area contributed by atoms with Gasteiger partial charge in [0.15, 0.2) is 5.75 Å². The van der Waals surface area contributed by atoms with Crippen molar-refractivity contribution in [3.05, 3.63) is 29.3 Å². The second-order valence-electron chi connectivity index (χ2n) is 4.16. The molecule has 0 bridgehead atoms. The number of hydrogen-bond donors (Lipinski definition) is 1. The van der Waals surface area contributed by atoms with Crippen molar-refractivity contribution in [2.45, 2.75) is 39.5 Å². The third-order valence-corrected chi connectivity index (χ3v) is 2.40. The summed E-state index contributed by atoms with van der Waals surface area (Å²) >= 11 is 0. The third kappa shape index (κ3) is 2.07. The van der Waals surface area contributed by atoms with Gasteiger partial charge in [-0.05, 0) is 23.5 Å². The fraction of sp³-hybridized carbons (Fsp3) is 0.500. The van der Waals surface area contributed by atoms with Gasteiger partial charge in [-0.2, -0.15) is 0 Å². The molecule has 1 aromatic carbocycles. The number of rotatable bonds is 3. The van der Waals surface area contributed by atoms with Crippen LogP contribution in [0.5, 0.6) is 5.75 Å². The molecule has 0 amide bonds. The Labute approximate surface area is 85.5 Å². The van der Waals surface area contributed by atoms with Crippen LogP contribution < -0.4 is 4.89 Å². The molecule has 1 N–H and O–H groups in total. The van der Waals surface area contributed by atoms with Crippen molar-refractivity contribution in [3.63, 3.8) is 0 Å². The van der Waals surface area contributed by atoms with Gasteiger partial charge in [-0.1, -0.05) is 39.8 Å². The third-order valence-electron chi connectivity index (χ3n) is 2.40. The maximum absolute atomic E-state index is 8.77. The highest BCUT2D eigenvalue weighted by Crippen LogP contribution is 2.33. The lowest BCUT2D eigenvalue weighted by molar-refractivity contribution is -0.138. The van der Waals surface area contributed by atoms with Gasteiger partial charge in [0, 0.05) is 5.56 Å². The van der Waals surface area contributed by atoms with Crippen molar-refractivity contribution in [2.75, 3.05) is 0 Å². The van der Waals surface area contributed by atoms with E-state index >= 15 is 0 Å². The van der Waals surface area contributed by atoms with E-state index in [4.69, 9.17) is 5.26 Å². The van der Waals surface area contributed by atoms with Crippen molar-refractivity contribution in [3.8, 4) is 5.75 Å². The first-order valence-corrected chi connectivity index (χ1v) is 5.02. The Kier molecular flexibility index (Phi) is 3.53. The maximum atomic E-state index is 8.77. The van der Waals surface area contributed by atoms with Crippen LogP contribution in [-0.2, 0) is 0 Å². The molecule has 0 heterocycles. The van der Waals surface area contributed by atoms with Crippen molar-refractivity contribution < 1.29 is 10.1 Å². The summed E-state index contributed by atoms with van der Waals surface area (Å²) in [4.78, 5) is 4.40. The van der Waals surface area contributed by atoms with Crippen molar-refractivity contribution in [2.24, 2.45) is 0 Å². The Morgan fingerprint density at radius 3 is 2.14 bits per heavy atom. The number of hydrogen-bond acceptors (Lipinski definition) is 2. The van der Waals surface area contributed by atoms with Crippen LogP contribution in [0.4, 0.5) is 0 Å². The summed E-state index contributed by atoms with van der Waals surface area (Å²) in [5, 5.41) is 8.77. The summed E-state index contributed by atoms with van der Waals surface area (Å²) in [6, 6.07) is 5.79. The SMILES string of the molecule is CC(C)c1cccc(OO)c1C(C)C. The minimum Gasteiger partial charge on any atom is -0.340 e. The topological polar surface area (TPSA) is 29.5 Å². The van der Waals surface area contributed by atoms with E-state index in [0.29, 0.717) is 17.6 Å². The van der Waals surface area contributed by atoms with Crippen LogP contribution >= 0.6 is 0 Å². The fourth-order valence-corrected chi connectivity index (χ4v) is 1.76. The molecule has 0 saturated carbocycles. The van der Waals surface area contributed by atoms with Gasteiger partial charge in [0.1, 0.15) is 0 Å². The molecule has 0 aromatic heterocycles. The molecule has 2 heteroatoms. The Balaban J connectivity index is 3.28. The van der Waals surface area contributed by atoms with E-state index in [1.807, 2.05) is 6.07 Å². The van der Waals surface area contributed by atoms with Crippen LogP contribution in [0.15, 0.2) is 18.2 Å². The van der Waals surface area contributed by atoms with Crippen molar-refractivity contribution in [1.82, 2.24) is 0 Å². The maximum Gasteiger partial charge on any atom is 0.168 e. The van der Waals surface area contributed by atoms with Crippen molar-refractivity contribution >= 4 is 0 Å². The van der Waals surface area contributed by atoms with E-state index in [9.17, 15) is 0 Å². The van der Waals surface area contributed by atoms with E-state index in [2.05, 4.69) is 38.6 Å². The molecule has 0 aliphatic heterocycles. The summed E-state index contributed by atoms with van der Waals surface area (Å²) in [7, 11) is 0. The lowest BCUT2D eigenvalue weighted by atomic mass is 9.90. The first-order valence-electron chi connectivity index (χ1n) is 5.02.